The second-order valence-corrected chi connectivity index (χ2v) is 6.12. The van der Waals surface area contributed by atoms with E-state index in [2.05, 4.69) is 30.6 Å². The molecule has 3 heterocycles. The van der Waals surface area contributed by atoms with Crippen molar-refractivity contribution in [2.75, 3.05) is 6.54 Å². The minimum Gasteiger partial charge on any atom is -0.375 e. The first kappa shape index (κ1) is 10.8. The van der Waals surface area contributed by atoms with E-state index in [9.17, 15) is 0 Å². The van der Waals surface area contributed by atoms with E-state index in [-0.39, 0.29) is 5.54 Å². The molecule has 1 N–H and O–H groups in total. The van der Waals surface area contributed by atoms with Gasteiger partial charge in [0.2, 0.25) is 0 Å². The zero-order valence-electron chi connectivity index (χ0n) is 9.95. The Labute approximate surface area is 101 Å². The summed E-state index contributed by atoms with van der Waals surface area (Å²) in [6.45, 7) is 5.51. The second-order valence-electron chi connectivity index (χ2n) is 5.20. The summed E-state index contributed by atoms with van der Waals surface area (Å²) in [5.74, 6) is 0. The molecule has 16 heavy (non-hydrogen) atoms. The van der Waals surface area contributed by atoms with Crippen molar-refractivity contribution in [1.82, 2.24) is 5.32 Å². The van der Waals surface area contributed by atoms with Crippen LogP contribution < -0.4 is 5.32 Å². The Kier molecular flexibility index (Phi) is 2.57. The van der Waals surface area contributed by atoms with Crippen molar-refractivity contribution < 1.29 is 4.74 Å². The molecule has 1 aromatic rings. The second kappa shape index (κ2) is 3.83. The predicted molar refractivity (Wildman–Crippen MR) is 66.9 cm³/mol. The molecule has 1 spiro atoms. The first-order valence-corrected chi connectivity index (χ1v) is 7.05. The average Bonchev–Trinajstić information content (AvgIpc) is 2.65. The molecule has 2 aliphatic heterocycles. The van der Waals surface area contributed by atoms with Crippen LogP contribution in [0.25, 0.3) is 0 Å². The van der Waals surface area contributed by atoms with Crippen molar-refractivity contribution in [2.45, 2.75) is 50.9 Å². The lowest BCUT2D eigenvalue weighted by Gasteiger charge is -2.45. The summed E-state index contributed by atoms with van der Waals surface area (Å²) in [5.41, 5.74) is 1.77. The van der Waals surface area contributed by atoms with Crippen LogP contribution in [0.3, 0.4) is 0 Å². The Morgan fingerprint density at radius 3 is 2.88 bits per heavy atom. The Hall–Kier alpha value is -0.380. The zero-order chi connectivity index (χ0) is 11.2. The predicted octanol–water partition coefficient (Wildman–Crippen LogP) is 2.68. The molecule has 0 aromatic carbocycles. The molecule has 0 radical (unpaired) electrons. The molecule has 0 amide bonds. The number of nitrogens with one attached hydrogen (secondary N) is 1. The van der Waals surface area contributed by atoms with Gasteiger partial charge < -0.3 is 10.1 Å². The average molecular weight is 237 g/mol. The molecular weight excluding hydrogens is 218 g/mol. The van der Waals surface area contributed by atoms with Crippen molar-refractivity contribution in [3.8, 4) is 0 Å². The van der Waals surface area contributed by atoms with Crippen LogP contribution in [-0.2, 0) is 16.7 Å². The molecule has 0 bridgehead atoms. The number of hydrogen-bond donors (Lipinski definition) is 1. The molecule has 2 atom stereocenters. The summed E-state index contributed by atoms with van der Waals surface area (Å²) in [7, 11) is 0. The molecule has 0 aliphatic carbocycles. The van der Waals surface area contributed by atoms with Crippen LogP contribution >= 0.6 is 11.3 Å². The minimum atomic E-state index is 0.207. The molecule has 3 rings (SSSR count). The quantitative estimate of drug-likeness (QED) is 0.749. The number of fused-ring (bicyclic) bond motifs is 2. The third-order valence-electron chi connectivity index (χ3n) is 3.78. The zero-order valence-corrected chi connectivity index (χ0v) is 10.8. The van der Waals surface area contributed by atoms with Crippen molar-refractivity contribution in [1.29, 1.82) is 0 Å². The van der Waals surface area contributed by atoms with E-state index in [4.69, 9.17) is 4.74 Å². The SMILES string of the molecule is CC1CC2(CC(C)O1)NCCc1ccsc12. The highest BCUT2D eigenvalue weighted by molar-refractivity contribution is 7.10. The van der Waals surface area contributed by atoms with Crippen LogP contribution in [0.2, 0.25) is 0 Å². The third kappa shape index (κ3) is 1.62. The first-order chi connectivity index (χ1) is 7.70. The minimum absolute atomic E-state index is 0.207. The van der Waals surface area contributed by atoms with E-state index >= 15 is 0 Å². The van der Waals surface area contributed by atoms with Gasteiger partial charge in [0.15, 0.2) is 0 Å². The largest absolute Gasteiger partial charge is 0.375 e. The molecule has 2 unspecified atom stereocenters. The fraction of sp³-hybridized carbons (Fsp3) is 0.692. The molecule has 3 heteroatoms. The smallest absolute Gasteiger partial charge is 0.0581 e. The maximum Gasteiger partial charge on any atom is 0.0581 e. The van der Waals surface area contributed by atoms with Gasteiger partial charge in [-0.05, 0) is 50.1 Å². The van der Waals surface area contributed by atoms with Crippen LogP contribution in [-0.4, -0.2) is 18.8 Å². The molecule has 88 valence electrons. The number of thiophene rings is 1. The third-order valence-corrected chi connectivity index (χ3v) is 4.94. The summed E-state index contributed by atoms with van der Waals surface area (Å²) in [6, 6.07) is 2.30. The molecule has 1 fully saturated rings. The Morgan fingerprint density at radius 1 is 1.38 bits per heavy atom. The molecule has 1 saturated heterocycles. The highest BCUT2D eigenvalue weighted by Gasteiger charge is 2.43. The van der Waals surface area contributed by atoms with Crippen molar-refractivity contribution in [3.63, 3.8) is 0 Å². The van der Waals surface area contributed by atoms with Crippen LogP contribution in [0.1, 0.15) is 37.1 Å². The Morgan fingerprint density at radius 2 is 2.12 bits per heavy atom. The molecule has 0 saturated carbocycles. The van der Waals surface area contributed by atoms with Gasteiger partial charge in [-0.3, -0.25) is 0 Å². The van der Waals surface area contributed by atoms with Gasteiger partial charge in [0.25, 0.3) is 0 Å². The maximum absolute atomic E-state index is 5.87. The van der Waals surface area contributed by atoms with E-state index < -0.39 is 0 Å². The molecule has 1 aromatic heterocycles. The number of ether oxygens (including phenoxy) is 1. The van der Waals surface area contributed by atoms with Gasteiger partial charge in [0.1, 0.15) is 0 Å². The van der Waals surface area contributed by atoms with Gasteiger partial charge in [0.05, 0.1) is 17.7 Å². The lowest BCUT2D eigenvalue weighted by atomic mass is 9.79. The van der Waals surface area contributed by atoms with E-state index in [1.165, 1.54) is 6.42 Å². The topological polar surface area (TPSA) is 21.3 Å². The fourth-order valence-electron chi connectivity index (χ4n) is 3.36. The fourth-order valence-corrected chi connectivity index (χ4v) is 4.51. The van der Waals surface area contributed by atoms with Crippen molar-refractivity contribution >= 4 is 11.3 Å². The summed E-state index contributed by atoms with van der Waals surface area (Å²) in [6.07, 6.45) is 4.15. The van der Waals surface area contributed by atoms with E-state index in [1.807, 2.05) is 11.3 Å². The van der Waals surface area contributed by atoms with Crippen LogP contribution in [0.15, 0.2) is 11.4 Å². The lowest BCUT2D eigenvalue weighted by molar-refractivity contribution is -0.0716. The number of hydrogen-bond acceptors (Lipinski definition) is 3. The van der Waals surface area contributed by atoms with Gasteiger partial charge in [-0.25, -0.2) is 0 Å². The summed E-state index contributed by atoms with van der Waals surface area (Å²) >= 11 is 1.92. The monoisotopic (exact) mass is 237 g/mol. The molecule has 2 nitrogen and oxygen atoms in total. The van der Waals surface area contributed by atoms with Crippen LogP contribution in [0.4, 0.5) is 0 Å². The van der Waals surface area contributed by atoms with Gasteiger partial charge in [-0.1, -0.05) is 0 Å². The van der Waals surface area contributed by atoms with Crippen LogP contribution in [0.5, 0.6) is 0 Å². The number of rotatable bonds is 0. The molecular formula is C13H19NOS. The van der Waals surface area contributed by atoms with Crippen molar-refractivity contribution in [2.24, 2.45) is 0 Å². The van der Waals surface area contributed by atoms with E-state index in [0.29, 0.717) is 12.2 Å². The highest BCUT2D eigenvalue weighted by atomic mass is 32.1. The Bertz CT molecular complexity index is 377. The van der Waals surface area contributed by atoms with E-state index in [1.54, 1.807) is 10.4 Å². The van der Waals surface area contributed by atoms with E-state index in [0.717, 1.165) is 19.4 Å². The highest BCUT2D eigenvalue weighted by Crippen LogP contribution is 2.43. The van der Waals surface area contributed by atoms with Gasteiger partial charge in [0, 0.05) is 11.4 Å². The Balaban J connectivity index is 2.00. The molecule has 2 aliphatic rings. The van der Waals surface area contributed by atoms with Gasteiger partial charge in [-0.15, -0.1) is 11.3 Å². The first-order valence-electron chi connectivity index (χ1n) is 6.17. The normalized spacial score (nSPS) is 38.6. The maximum atomic E-state index is 5.87. The summed E-state index contributed by atoms with van der Waals surface area (Å²) < 4.78 is 5.87. The summed E-state index contributed by atoms with van der Waals surface area (Å²) in [5, 5.41) is 6.01. The van der Waals surface area contributed by atoms with Crippen molar-refractivity contribution in [3.05, 3.63) is 21.9 Å². The lowest BCUT2D eigenvalue weighted by Crippen LogP contribution is -2.53. The summed E-state index contributed by atoms with van der Waals surface area (Å²) in [4.78, 5) is 1.57. The van der Waals surface area contributed by atoms with Gasteiger partial charge >= 0.3 is 0 Å². The van der Waals surface area contributed by atoms with Gasteiger partial charge in [-0.2, -0.15) is 0 Å². The standard InChI is InChI=1S/C13H19NOS/c1-9-7-13(8-10(2)15-9)12-11(3-5-14-13)4-6-16-12/h4,6,9-10,14H,3,5,7-8H2,1-2H3. The van der Waals surface area contributed by atoms with Crippen LogP contribution in [0, 0.1) is 0 Å².